The van der Waals surface area contributed by atoms with Gasteiger partial charge < -0.3 is 4.74 Å². The molecule has 0 saturated carbocycles. The molecule has 0 fully saturated rings. The quantitative estimate of drug-likeness (QED) is 0.515. The smallest absolute Gasteiger partial charge is 0.232 e. The molecule has 0 saturated heterocycles. The molecule has 3 aromatic carbocycles. The summed E-state index contributed by atoms with van der Waals surface area (Å²) in [6, 6.07) is 23.1. The molecule has 6 heteroatoms. The van der Waals surface area contributed by atoms with E-state index < -0.39 is 10.0 Å². The van der Waals surface area contributed by atoms with Gasteiger partial charge in [0.05, 0.1) is 17.0 Å². The van der Waals surface area contributed by atoms with E-state index in [-0.39, 0.29) is 5.75 Å². The number of anilines is 1. The molecule has 0 aliphatic rings. The molecule has 0 radical (unpaired) electrons. The summed E-state index contributed by atoms with van der Waals surface area (Å²) < 4.78 is 32.2. The summed E-state index contributed by atoms with van der Waals surface area (Å²) in [7, 11) is -3.31. The lowest BCUT2D eigenvalue weighted by atomic mass is 10.1. The Bertz CT molecular complexity index is 1250. The molecule has 0 aliphatic carbocycles. The highest BCUT2D eigenvalue weighted by atomic mass is 32.2. The molecule has 0 aliphatic heterocycles. The molecule has 0 spiro atoms. The molecule has 1 aromatic heterocycles. The first-order chi connectivity index (χ1) is 13.5. The number of sulfonamides is 1. The monoisotopic (exact) mass is 392 g/mol. The van der Waals surface area contributed by atoms with Crippen LogP contribution >= 0.6 is 0 Å². The van der Waals surface area contributed by atoms with Crippen molar-refractivity contribution in [3.05, 3.63) is 78.5 Å². The second-order valence-corrected chi connectivity index (χ2v) is 8.49. The number of hydrogen-bond donors (Lipinski definition) is 1. The van der Waals surface area contributed by atoms with Gasteiger partial charge in [-0.2, -0.15) is 0 Å². The Hall–Kier alpha value is -3.12. The van der Waals surface area contributed by atoms with Crippen molar-refractivity contribution in [1.29, 1.82) is 0 Å². The van der Waals surface area contributed by atoms with Crippen LogP contribution in [-0.2, 0) is 16.6 Å². The molecule has 142 valence electrons. The molecular formula is C22H20N2O3S. The molecule has 0 amide bonds. The number of hydrogen-bond acceptors (Lipinski definition) is 4. The topological polar surface area (TPSA) is 68.3 Å². The fraction of sp³-hybridized carbons (Fsp3) is 0.136. The highest BCUT2D eigenvalue weighted by Crippen LogP contribution is 2.29. The maximum absolute atomic E-state index is 11.8. The Kier molecular flexibility index (Phi) is 4.88. The van der Waals surface area contributed by atoms with E-state index in [1.807, 2.05) is 66.7 Å². The van der Waals surface area contributed by atoms with Gasteiger partial charge in [0, 0.05) is 16.5 Å². The number of fused-ring (bicyclic) bond motifs is 2. The minimum Gasteiger partial charge on any atom is -0.487 e. The molecule has 4 rings (SSSR count). The van der Waals surface area contributed by atoms with Crippen LogP contribution in [0.25, 0.3) is 21.7 Å². The summed E-state index contributed by atoms with van der Waals surface area (Å²) in [4.78, 5) is 4.63. The van der Waals surface area contributed by atoms with Crippen LogP contribution in [0, 0.1) is 0 Å². The van der Waals surface area contributed by atoms with Crippen LogP contribution in [0.4, 0.5) is 5.69 Å². The Morgan fingerprint density at radius 3 is 2.61 bits per heavy atom. The fourth-order valence-corrected chi connectivity index (χ4v) is 3.67. The number of aromatic nitrogens is 1. The van der Waals surface area contributed by atoms with E-state index >= 15 is 0 Å². The van der Waals surface area contributed by atoms with Crippen LogP contribution in [0.1, 0.15) is 12.6 Å². The van der Waals surface area contributed by atoms with Gasteiger partial charge in [-0.1, -0.05) is 36.4 Å². The first-order valence-corrected chi connectivity index (χ1v) is 10.7. The van der Waals surface area contributed by atoms with Crippen LogP contribution in [-0.4, -0.2) is 19.2 Å². The van der Waals surface area contributed by atoms with Gasteiger partial charge in [-0.05, 0) is 48.7 Å². The number of nitrogens with one attached hydrogen (secondary N) is 1. The highest BCUT2D eigenvalue weighted by molar-refractivity contribution is 7.92. The summed E-state index contributed by atoms with van der Waals surface area (Å²) in [6.45, 7) is 1.96. The van der Waals surface area contributed by atoms with Crippen molar-refractivity contribution >= 4 is 37.4 Å². The zero-order chi connectivity index (χ0) is 19.6. The maximum atomic E-state index is 11.8. The first-order valence-electron chi connectivity index (χ1n) is 9.05. The molecule has 0 bridgehead atoms. The van der Waals surface area contributed by atoms with Crippen molar-refractivity contribution in [2.45, 2.75) is 13.5 Å². The number of ether oxygens (including phenoxy) is 1. The van der Waals surface area contributed by atoms with Crippen LogP contribution in [0.5, 0.6) is 5.75 Å². The number of rotatable bonds is 6. The van der Waals surface area contributed by atoms with E-state index in [0.717, 1.165) is 33.1 Å². The van der Waals surface area contributed by atoms with Gasteiger partial charge in [0.15, 0.2) is 0 Å². The Morgan fingerprint density at radius 1 is 0.929 bits per heavy atom. The van der Waals surface area contributed by atoms with Gasteiger partial charge in [0.1, 0.15) is 12.4 Å². The average Bonchev–Trinajstić information content (AvgIpc) is 2.71. The number of pyridine rings is 1. The van der Waals surface area contributed by atoms with Gasteiger partial charge >= 0.3 is 0 Å². The third-order valence-corrected chi connectivity index (χ3v) is 5.83. The fourth-order valence-electron chi connectivity index (χ4n) is 3.04. The lowest BCUT2D eigenvalue weighted by Gasteiger charge is -2.11. The molecule has 28 heavy (non-hydrogen) atoms. The highest BCUT2D eigenvalue weighted by Gasteiger charge is 2.09. The summed E-state index contributed by atoms with van der Waals surface area (Å²) in [5, 5.41) is 2.92. The summed E-state index contributed by atoms with van der Waals surface area (Å²) >= 11 is 0. The second kappa shape index (κ2) is 7.48. The third-order valence-electron chi connectivity index (χ3n) is 4.53. The normalized spacial score (nSPS) is 11.6. The minimum atomic E-state index is -3.31. The van der Waals surface area contributed by atoms with Crippen molar-refractivity contribution in [3.8, 4) is 5.75 Å². The lowest BCUT2D eigenvalue weighted by molar-refractivity contribution is 0.305. The Balaban J connectivity index is 1.58. The van der Waals surface area contributed by atoms with Crippen molar-refractivity contribution < 1.29 is 13.2 Å². The van der Waals surface area contributed by atoms with Crippen molar-refractivity contribution in [1.82, 2.24) is 4.98 Å². The van der Waals surface area contributed by atoms with E-state index in [1.54, 1.807) is 13.0 Å². The molecule has 1 heterocycles. The van der Waals surface area contributed by atoms with E-state index in [0.29, 0.717) is 12.3 Å². The van der Waals surface area contributed by atoms with Crippen LogP contribution in [0.2, 0.25) is 0 Å². The lowest BCUT2D eigenvalue weighted by Crippen LogP contribution is -2.14. The van der Waals surface area contributed by atoms with E-state index in [2.05, 4.69) is 9.71 Å². The van der Waals surface area contributed by atoms with Gasteiger partial charge in [-0.25, -0.2) is 13.4 Å². The zero-order valence-corrected chi connectivity index (χ0v) is 16.2. The standard InChI is InChI=1S/C22H20N2O3S/c1-2-28(25,26)24-18-12-13-20-17(14-18)7-5-9-22(20)27-15-19-11-10-16-6-3-4-8-21(16)23-19/h3-14,24H,2,15H2,1H3. The largest absolute Gasteiger partial charge is 0.487 e. The summed E-state index contributed by atoms with van der Waals surface area (Å²) in [6.07, 6.45) is 0. The maximum Gasteiger partial charge on any atom is 0.232 e. The number of benzene rings is 3. The van der Waals surface area contributed by atoms with Crippen molar-refractivity contribution in [3.63, 3.8) is 0 Å². The summed E-state index contributed by atoms with van der Waals surface area (Å²) in [5.74, 6) is 0.768. The average molecular weight is 392 g/mol. The van der Waals surface area contributed by atoms with Crippen LogP contribution in [0.15, 0.2) is 72.8 Å². The zero-order valence-electron chi connectivity index (χ0n) is 15.4. The van der Waals surface area contributed by atoms with Gasteiger partial charge in [0.25, 0.3) is 0 Å². The third kappa shape index (κ3) is 3.92. The van der Waals surface area contributed by atoms with E-state index in [9.17, 15) is 8.42 Å². The Morgan fingerprint density at radius 2 is 1.75 bits per heavy atom. The molecule has 0 unspecified atom stereocenters. The van der Waals surface area contributed by atoms with Crippen LogP contribution in [0.3, 0.4) is 0 Å². The number of nitrogens with zero attached hydrogens (tertiary/aromatic N) is 1. The summed E-state index contributed by atoms with van der Waals surface area (Å²) in [5.41, 5.74) is 2.33. The van der Waals surface area contributed by atoms with E-state index in [1.165, 1.54) is 0 Å². The molecular weight excluding hydrogens is 372 g/mol. The second-order valence-electron chi connectivity index (χ2n) is 6.48. The van der Waals surface area contributed by atoms with Crippen LogP contribution < -0.4 is 9.46 Å². The molecule has 0 atom stereocenters. The SMILES string of the molecule is CCS(=O)(=O)Nc1ccc2c(OCc3ccc4ccccc4n3)cccc2c1. The van der Waals surface area contributed by atoms with Gasteiger partial charge in [0.2, 0.25) is 10.0 Å². The molecule has 5 nitrogen and oxygen atoms in total. The minimum absolute atomic E-state index is 0.0347. The molecule has 1 N–H and O–H groups in total. The van der Waals surface area contributed by atoms with Gasteiger partial charge in [-0.3, -0.25) is 4.72 Å². The predicted molar refractivity (Wildman–Crippen MR) is 113 cm³/mol. The Labute approximate surface area is 164 Å². The van der Waals surface area contributed by atoms with Gasteiger partial charge in [-0.15, -0.1) is 0 Å². The number of para-hydroxylation sites is 1. The van der Waals surface area contributed by atoms with E-state index in [4.69, 9.17) is 4.74 Å². The molecule has 4 aromatic rings. The first kappa shape index (κ1) is 18.3. The predicted octanol–water partition coefficient (Wildman–Crippen LogP) is 4.73. The van der Waals surface area contributed by atoms with Crippen molar-refractivity contribution in [2.75, 3.05) is 10.5 Å². The van der Waals surface area contributed by atoms with Crippen molar-refractivity contribution in [2.24, 2.45) is 0 Å².